The zero-order valence-electron chi connectivity index (χ0n) is 15.2. The van der Waals surface area contributed by atoms with Crippen LogP contribution in [0.4, 0.5) is 0 Å². The summed E-state index contributed by atoms with van der Waals surface area (Å²) in [4.78, 5) is 16.7. The fraction of sp³-hybridized carbons (Fsp3) is 0.250. The van der Waals surface area contributed by atoms with Crippen LogP contribution in [-0.2, 0) is 11.3 Å². The van der Waals surface area contributed by atoms with Gasteiger partial charge in [-0.15, -0.1) is 0 Å². The fourth-order valence-corrected chi connectivity index (χ4v) is 2.47. The molecule has 3 rings (SSSR count). The third kappa shape index (κ3) is 4.84. The van der Waals surface area contributed by atoms with Crippen LogP contribution in [0.3, 0.4) is 0 Å². The van der Waals surface area contributed by atoms with Crippen molar-refractivity contribution in [3.8, 4) is 22.9 Å². The second kappa shape index (κ2) is 8.84. The zero-order chi connectivity index (χ0) is 19.1. The molecule has 0 aliphatic heterocycles. The predicted molar refractivity (Wildman–Crippen MR) is 99.3 cm³/mol. The summed E-state index contributed by atoms with van der Waals surface area (Å²) in [5.41, 5.74) is 0.773. The van der Waals surface area contributed by atoms with Crippen LogP contribution >= 0.6 is 0 Å². The van der Waals surface area contributed by atoms with Crippen molar-refractivity contribution in [2.24, 2.45) is 0 Å². The van der Waals surface area contributed by atoms with Crippen LogP contribution in [0.15, 0.2) is 59.1 Å². The van der Waals surface area contributed by atoms with Crippen molar-refractivity contribution in [3.63, 3.8) is 0 Å². The standard InChI is InChI=1S/C20H21N3O4/c1-3-17(26-15-9-5-4-6-10-15)20(24)21-13-18-22-19(23-27-18)14-8-7-11-16(12-14)25-2/h4-12,17H,3,13H2,1-2H3,(H,21,24). The average molecular weight is 367 g/mol. The maximum atomic E-state index is 12.4. The predicted octanol–water partition coefficient (Wildman–Crippen LogP) is 3.22. The van der Waals surface area contributed by atoms with E-state index in [0.717, 1.165) is 5.56 Å². The van der Waals surface area contributed by atoms with Gasteiger partial charge < -0.3 is 19.3 Å². The number of ether oxygens (including phenoxy) is 2. The molecule has 2 aromatic carbocycles. The molecule has 1 aromatic heterocycles. The highest BCUT2D eigenvalue weighted by Crippen LogP contribution is 2.21. The lowest BCUT2D eigenvalue weighted by atomic mass is 10.2. The van der Waals surface area contributed by atoms with E-state index >= 15 is 0 Å². The van der Waals surface area contributed by atoms with E-state index in [1.165, 1.54) is 0 Å². The first-order chi connectivity index (χ1) is 13.2. The minimum absolute atomic E-state index is 0.129. The molecule has 140 valence electrons. The number of benzene rings is 2. The molecular weight excluding hydrogens is 346 g/mol. The Morgan fingerprint density at radius 2 is 1.93 bits per heavy atom. The van der Waals surface area contributed by atoms with E-state index in [1.807, 2.05) is 61.5 Å². The number of methoxy groups -OCH3 is 1. The highest BCUT2D eigenvalue weighted by atomic mass is 16.5. The summed E-state index contributed by atoms with van der Waals surface area (Å²) in [7, 11) is 1.60. The van der Waals surface area contributed by atoms with Crippen LogP contribution in [0.5, 0.6) is 11.5 Å². The summed E-state index contributed by atoms with van der Waals surface area (Å²) in [6.45, 7) is 2.02. The lowest BCUT2D eigenvalue weighted by Gasteiger charge is -2.16. The molecule has 0 bridgehead atoms. The van der Waals surface area contributed by atoms with E-state index in [2.05, 4.69) is 15.5 Å². The van der Waals surface area contributed by atoms with Gasteiger partial charge >= 0.3 is 0 Å². The maximum Gasteiger partial charge on any atom is 0.261 e. The third-order valence-electron chi connectivity index (χ3n) is 3.89. The Balaban J connectivity index is 1.59. The van der Waals surface area contributed by atoms with Crippen molar-refractivity contribution in [2.75, 3.05) is 7.11 Å². The molecule has 3 aromatic rings. The Labute approximate surface area is 157 Å². The molecule has 1 N–H and O–H groups in total. The molecule has 0 aliphatic carbocycles. The summed E-state index contributed by atoms with van der Waals surface area (Å²) < 4.78 is 16.1. The molecule has 0 fully saturated rings. The SMILES string of the molecule is CCC(Oc1ccccc1)C(=O)NCc1nc(-c2cccc(OC)c2)no1. The van der Waals surface area contributed by atoms with E-state index in [-0.39, 0.29) is 12.5 Å². The number of nitrogens with zero attached hydrogens (tertiary/aromatic N) is 2. The molecule has 1 amide bonds. The number of carbonyl (C=O) groups is 1. The molecule has 0 saturated carbocycles. The van der Waals surface area contributed by atoms with Gasteiger partial charge in [0.25, 0.3) is 5.91 Å². The summed E-state index contributed by atoms with van der Waals surface area (Å²) in [6.07, 6.45) is -0.0484. The number of rotatable bonds is 8. The van der Waals surface area contributed by atoms with Crippen LogP contribution < -0.4 is 14.8 Å². The Bertz CT molecular complexity index is 880. The highest BCUT2D eigenvalue weighted by molar-refractivity contribution is 5.80. The van der Waals surface area contributed by atoms with Crippen molar-refractivity contribution >= 4 is 5.91 Å². The first-order valence-electron chi connectivity index (χ1n) is 8.66. The second-order valence-corrected chi connectivity index (χ2v) is 5.79. The van der Waals surface area contributed by atoms with Crippen LogP contribution in [0.2, 0.25) is 0 Å². The van der Waals surface area contributed by atoms with Gasteiger partial charge in [0.1, 0.15) is 11.5 Å². The third-order valence-corrected chi connectivity index (χ3v) is 3.89. The fourth-order valence-electron chi connectivity index (χ4n) is 2.47. The van der Waals surface area contributed by atoms with Crippen LogP contribution in [0, 0.1) is 0 Å². The topological polar surface area (TPSA) is 86.5 Å². The molecule has 0 saturated heterocycles. The molecule has 0 radical (unpaired) electrons. The van der Waals surface area contributed by atoms with Crippen LogP contribution in [0.25, 0.3) is 11.4 Å². The molecule has 1 heterocycles. The summed E-state index contributed by atoms with van der Waals surface area (Å²) in [5.74, 6) is 1.87. The van der Waals surface area contributed by atoms with Gasteiger partial charge in [-0.2, -0.15) is 4.98 Å². The van der Waals surface area contributed by atoms with Crippen molar-refractivity contribution in [2.45, 2.75) is 26.0 Å². The first-order valence-corrected chi connectivity index (χ1v) is 8.66. The number of hydrogen-bond donors (Lipinski definition) is 1. The number of hydrogen-bond acceptors (Lipinski definition) is 6. The molecule has 1 atom stereocenters. The molecule has 7 heteroatoms. The smallest absolute Gasteiger partial charge is 0.261 e. The van der Waals surface area contributed by atoms with E-state index in [1.54, 1.807) is 7.11 Å². The van der Waals surface area contributed by atoms with Crippen molar-refractivity contribution in [1.29, 1.82) is 0 Å². The van der Waals surface area contributed by atoms with Gasteiger partial charge in [-0.25, -0.2) is 0 Å². The van der Waals surface area contributed by atoms with Gasteiger partial charge in [-0.05, 0) is 30.7 Å². The molecule has 7 nitrogen and oxygen atoms in total. The zero-order valence-corrected chi connectivity index (χ0v) is 15.2. The normalized spacial score (nSPS) is 11.6. The van der Waals surface area contributed by atoms with E-state index in [9.17, 15) is 4.79 Å². The largest absolute Gasteiger partial charge is 0.497 e. The van der Waals surface area contributed by atoms with Crippen molar-refractivity contribution in [1.82, 2.24) is 15.5 Å². The van der Waals surface area contributed by atoms with Crippen LogP contribution in [-0.4, -0.2) is 29.3 Å². The summed E-state index contributed by atoms with van der Waals surface area (Å²) in [6, 6.07) is 16.6. The Hall–Kier alpha value is -3.35. The molecule has 27 heavy (non-hydrogen) atoms. The number of para-hydroxylation sites is 1. The Morgan fingerprint density at radius 1 is 1.15 bits per heavy atom. The second-order valence-electron chi connectivity index (χ2n) is 5.79. The number of amides is 1. The van der Waals surface area contributed by atoms with Crippen LogP contribution in [0.1, 0.15) is 19.2 Å². The Morgan fingerprint density at radius 3 is 2.67 bits per heavy atom. The van der Waals surface area contributed by atoms with Crippen molar-refractivity contribution < 1.29 is 18.8 Å². The molecular formula is C20H21N3O4. The van der Waals surface area contributed by atoms with Crippen molar-refractivity contribution in [3.05, 3.63) is 60.5 Å². The van der Waals surface area contributed by atoms with Gasteiger partial charge in [0.15, 0.2) is 6.10 Å². The van der Waals surface area contributed by atoms with E-state index in [0.29, 0.717) is 29.6 Å². The van der Waals surface area contributed by atoms with Gasteiger partial charge in [0, 0.05) is 5.56 Å². The first kappa shape index (κ1) is 18.4. The van der Waals surface area contributed by atoms with Gasteiger partial charge in [-0.3, -0.25) is 4.79 Å². The van der Waals surface area contributed by atoms with Gasteiger partial charge in [0.05, 0.1) is 13.7 Å². The maximum absolute atomic E-state index is 12.4. The quantitative estimate of drug-likeness (QED) is 0.658. The molecule has 1 unspecified atom stereocenters. The number of nitrogens with one attached hydrogen (secondary N) is 1. The minimum atomic E-state index is -0.590. The van der Waals surface area contributed by atoms with Gasteiger partial charge in [0.2, 0.25) is 11.7 Å². The average Bonchev–Trinajstić information content (AvgIpc) is 3.20. The molecule has 0 aliphatic rings. The van der Waals surface area contributed by atoms with E-state index in [4.69, 9.17) is 14.0 Å². The number of aromatic nitrogens is 2. The lowest BCUT2D eigenvalue weighted by molar-refractivity contribution is -0.128. The van der Waals surface area contributed by atoms with Gasteiger partial charge in [-0.1, -0.05) is 42.4 Å². The molecule has 0 spiro atoms. The Kier molecular flexibility index (Phi) is 6.04. The summed E-state index contributed by atoms with van der Waals surface area (Å²) >= 11 is 0. The minimum Gasteiger partial charge on any atom is -0.497 e. The number of carbonyl (C=O) groups excluding carboxylic acids is 1. The lowest BCUT2D eigenvalue weighted by Crippen LogP contribution is -2.37. The summed E-state index contributed by atoms with van der Waals surface area (Å²) in [5, 5.41) is 6.72. The highest BCUT2D eigenvalue weighted by Gasteiger charge is 2.19. The monoisotopic (exact) mass is 367 g/mol. The van der Waals surface area contributed by atoms with E-state index < -0.39 is 6.10 Å².